The van der Waals surface area contributed by atoms with Gasteiger partial charge in [-0.1, -0.05) is 29.8 Å². The fourth-order valence-corrected chi connectivity index (χ4v) is 1.95. The van der Waals surface area contributed by atoms with Crippen LogP contribution >= 0.6 is 27.5 Å². The van der Waals surface area contributed by atoms with E-state index in [1.807, 2.05) is 36.4 Å². The normalized spacial score (nSPS) is 12.4. The van der Waals surface area contributed by atoms with Gasteiger partial charge in [0.25, 0.3) is 0 Å². The standard InChI is InChI=1S/C12H10BrClN2/c13-8-5-6-11(16-7-8)12(15)9-3-1-2-4-10(9)14/h1-7,12H,15H2. The molecule has 1 atom stereocenters. The summed E-state index contributed by atoms with van der Waals surface area (Å²) in [6.45, 7) is 0. The first kappa shape index (κ1) is 11.6. The second-order valence-electron chi connectivity index (χ2n) is 3.40. The molecule has 2 nitrogen and oxygen atoms in total. The maximum absolute atomic E-state index is 6.10. The molecule has 0 saturated carbocycles. The summed E-state index contributed by atoms with van der Waals surface area (Å²) in [7, 11) is 0. The number of halogens is 2. The van der Waals surface area contributed by atoms with Crippen LogP contribution < -0.4 is 5.73 Å². The number of nitrogens with two attached hydrogens (primary N) is 1. The highest BCUT2D eigenvalue weighted by molar-refractivity contribution is 9.10. The van der Waals surface area contributed by atoms with Crippen LogP contribution in [0.5, 0.6) is 0 Å². The van der Waals surface area contributed by atoms with Gasteiger partial charge in [-0.25, -0.2) is 0 Å². The van der Waals surface area contributed by atoms with Crippen LogP contribution in [0.3, 0.4) is 0 Å². The van der Waals surface area contributed by atoms with E-state index in [9.17, 15) is 0 Å². The molecule has 0 amide bonds. The molecular formula is C12H10BrClN2. The van der Waals surface area contributed by atoms with E-state index in [0.29, 0.717) is 5.02 Å². The van der Waals surface area contributed by atoms with Crippen LogP contribution in [0.4, 0.5) is 0 Å². The maximum Gasteiger partial charge on any atom is 0.0740 e. The zero-order valence-electron chi connectivity index (χ0n) is 8.40. The fraction of sp³-hybridized carbons (Fsp3) is 0.0833. The van der Waals surface area contributed by atoms with Crippen molar-refractivity contribution in [3.63, 3.8) is 0 Å². The number of aromatic nitrogens is 1. The van der Waals surface area contributed by atoms with Gasteiger partial charge >= 0.3 is 0 Å². The number of pyridine rings is 1. The first-order chi connectivity index (χ1) is 7.68. The van der Waals surface area contributed by atoms with Gasteiger partial charge < -0.3 is 5.73 Å². The Hall–Kier alpha value is -0.900. The maximum atomic E-state index is 6.10. The summed E-state index contributed by atoms with van der Waals surface area (Å²) in [5, 5.41) is 0.666. The van der Waals surface area contributed by atoms with Crippen molar-refractivity contribution >= 4 is 27.5 Å². The predicted molar refractivity (Wildman–Crippen MR) is 69.4 cm³/mol. The third kappa shape index (κ3) is 2.43. The van der Waals surface area contributed by atoms with Gasteiger partial charge in [0, 0.05) is 15.7 Å². The van der Waals surface area contributed by atoms with Crippen molar-refractivity contribution < 1.29 is 0 Å². The van der Waals surface area contributed by atoms with E-state index in [1.54, 1.807) is 6.20 Å². The van der Waals surface area contributed by atoms with Gasteiger partial charge in [-0.2, -0.15) is 0 Å². The molecule has 0 fully saturated rings. The first-order valence-electron chi connectivity index (χ1n) is 4.80. The van der Waals surface area contributed by atoms with Crippen molar-refractivity contribution in [3.8, 4) is 0 Å². The minimum atomic E-state index is -0.290. The van der Waals surface area contributed by atoms with E-state index in [1.165, 1.54) is 0 Å². The van der Waals surface area contributed by atoms with Crippen LogP contribution in [0, 0.1) is 0 Å². The van der Waals surface area contributed by atoms with E-state index >= 15 is 0 Å². The van der Waals surface area contributed by atoms with Crippen LogP contribution in [0.1, 0.15) is 17.3 Å². The Morgan fingerprint density at radius 3 is 2.56 bits per heavy atom. The molecule has 0 spiro atoms. The second-order valence-corrected chi connectivity index (χ2v) is 4.72. The lowest BCUT2D eigenvalue weighted by atomic mass is 10.0. The molecule has 0 saturated heterocycles. The van der Waals surface area contributed by atoms with Crippen molar-refractivity contribution in [2.24, 2.45) is 5.73 Å². The van der Waals surface area contributed by atoms with Gasteiger partial charge in [0.2, 0.25) is 0 Å². The highest BCUT2D eigenvalue weighted by Gasteiger charge is 2.12. The van der Waals surface area contributed by atoms with Crippen molar-refractivity contribution in [3.05, 3.63) is 63.3 Å². The molecule has 0 aliphatic rings. The van der Waals surface area contributed by atoms with Crippen LogP contribution in [0.2, 0.25) is 5.02 Å². The molecule has 0 bridgehead atoms. The number of hydrogen-bond donors (Lipinski definition) is 1. The Morgan fingerprint density at radius 1 is 1.19 bits per heavy atom. The third-order valence-corrected chi connectivity index (χ3v) is 3.12. The number of nitrogens with zero attached hydrogens (tertiary/aromatic N) is 1. The average Bonchev–Trinajstić information content (AvgIpc) is 2.30. The molecule has 1 unspecified atom stereocenters. The van der Waals surface area contributed by atoms with Gasteiger partial charge in [-0.05, 0) is 39.7 Å². The van der Waals surface area contributed by atoms with Gasteiger partial charge in [0.1, 0.15) is 0 Å². The molecule has 2 rings (SSSR count). The average molecular weight is 298 g/mol. The van der Waals surface area contributed by atoms with Crippen LogP contribution in [0.25, 0.3) is 0 Å². The molecule has 1 heterocycles. The molecule has 2 aromatic rings. The smallest absolute Gasteiger partial charge is 0.0740 e. The van der Waals surface area contributed by atoms with Crippen LogP contribution in [-0.2, 0) is 0 Å². The molecular weight excluding hydrogens is 288 g/mol. The minimum Gasteiger partial charge on any atom is -0.319 e. The molecule has 82 valence electrons. The fourth-order valence-electron chi connectivity index (χ4n) is 1.46. The van der Waals surface area contributed by atoms with Crippen molar-refractivity contribution in [2.75, 3.05) is 0 Å². The largest absolute Gasteiger partial charge is 0.319 e. The Balaban J connectivity index is 2.35. The Bertz CT molecular complexity index is 485. The van der Waals surface area contributed by atoms with Crippen molar-refractivity contribution in [1.29, 1.82) is 0 Å². The quantitative estimate of drug-likeness (QED) is 0.921. The van der Waals surface area contributed by atoms with E-state index in [4.69, 9.17) is 17.3 Å². The van der Waals surface area contributed by atoms with Gasteiger partial charge in [0.15, 0.2) is 0 Å². The lowest BCUT2D eigenvalue weighted by Crippen LogP contribution is -2.13. The Labute approximate surface area is 108 Å². The summed E-state index contributed by atoms with van der Waals surface area (Å²) in [5.41, 5.74) is 7.80. The summed E-state index contributed by atoms with van der Waals surface area (Å²) in [5.74, 6) is 0. The lowest BCUT2D eigenvalue weighted by molar-refractivity contribution is 0.828. The molecule has 1 aromatic carbocycles. The van der Waals surface area contributed by atoms with E-state index < -0.39 is 0 Å². The SMILES string of the molecule is NC(c1ccc(Br)cn1)c1ccccc1Cl. The Kier molecular flexibility index (Phi) is 3.59. The molecule has 0 aliphatic carbocycles. The highest BCUT2D eigenvalue weighted by atomic mass is 79.9. The number of rotatable bonds is 2. The zero-order chi connectivity index (χ0) is 11.5. The summed E-state index contributed by atoms with van der Waals surface area (Å²) in [4.78, 5) is 4.27. The van der Waals surface area contributed by atoms with Gasteiger partial charge in [-0.15, -0.1) is 0 Å². The Morgan fingerprint density at radius 2 is 1.94 bits per heavy atom. The molecule has 16 heavy (non-hydrogen) atoms. The second kappa shape index (κ2) is 4.95. The van der Waals surface area contributed by atoms with Gasteiger partial charge in [-0.3, -0.25) is 4.98 Å². The van der Waals surface area contributed by atoms with Gasteiger partial charge in [0.05, 0.1) is 11.7 Å². The summed E-state index contributed by atoms with van der Waals surface area (Å²) in [6, 6.07) is 11.1. The van der Waals surface area contributed by atoms with Crippen LogP contribution in [0.15, 0.2) is 47.1 Å². The molecule has 0 radical (unpaired) electrons. The molecule has 4 heteroatoms. The monoisotopic (exact) mass is 296 g/mol. The summed E-state index contributed by atoms with van der Waals surface area (Å²) < 4.78 is 0.933. The first-order valence-corrected chi connectivity index (χ1v) is 5.97. The van der Waals surface area contributed by atoms with E-state index in [-0.39, 0.29) is 6.04 Å². The lowest BCUT2D eigenvalue weighted by Gasteiger charge is -2.12. The highest BCUT2D eigenvalue weighted by Crippen LogP contribution is 2.25. The van der Waals surface area contributed by atoms with E-state index in [0.717, 1.165) is 15.7 Å². The molecule has 0 aliphatic heterocycles. The summed E-state index contributed by atoms with van der Waals surface area (Å²) in [6.07, 6.45) is 1.73. The van der Waals surface area contributed by atoms with E-state index in [2.05, 4.69) is 20.9 Å². The summed E-state index contributed by atoms with van der Waals surface area (Å²) >= 11 is 9.42. The van der Waals surface area contributed by atoms with Crippen molar-refractivity contribution in [1.82, 2.24) is 4.98 Å². The molecule has 2 N–H and O–H groups in total. The number of benzene rings is 1. The predicted octanol–water partition coefficient (Wildman–Crippen LogP) is 3.55. The van der Waals surface area contributed by atoms with Crippen LogP contribution in [-0.4, -0.2) is 4.98 Å². The molecule has 1 aromatic heterocycles. The van der Waals surface area contributed by atoms with Crippen molar-refractivity contribution in [2.45, 2.75) is 6.04 Å². The zero-order valence-corrected chi connectivity index (χ0v) is 10.7. The minimum absolute atomic E-state index is 0.290. The topological polar surface area (TPSA) is 38.9 Å². The third-order valence-electron chi connectivity index (χ3n) is 2.31. The number of hydrogen-bond acceptors (Lipinski definition) is 2.